The fourth-order valence-electron chi connectivity index (χ4n) is 4.22. The third-order valence-electron chi connectivity index (χ3n) is 5.44. The van der Waals surface area contributed by atoms with E-state index in [1.807, 2.05) is 4.68 Å². The molecule has 0 spiro atoms. The lowest BCUT2D eigenvalue weighted by Crippen LogP contribution is -2.46. The number of aromatic nitrogens is 2. The second-order valence-corrected chi connectivity index (χ2v) is 6.80. The van der Waals surface area contributed by atoms with Gasteiger partial charge in [0.1, 0.15) is 0 Å². The van der Waals surface area contributed by atoms with Gasteiger partial charge in [-0.1, -0.05) is 19.8 Å². The number of aryl methyl sites for hydroxylation is 2. The molecule has 1 aliphatic heterocycles. The molecule has 2 fully saturated rings. The summed E-state index contributed by atoms with van der Waals surface area (Å²) in [5.41, 5.74) is 2.49. The van der Waals surface area contributed by atoms with Crippen molar-refractivity contribution in [3.63, 3.8) is 0 Å². The molecular formula is C17H29N3O. The van der Waals surface area contributed by atoms with E-state index in [-0.39, 0.29) is 6.10 Å². The van der Waals surface area contributed by atoms with Gasteiger partial charge in [-0.15, -0.1) is 0 Å². The predicted molar refractivity (Wildman–Crippen MR) is 84.0 cm³/mol. The second kappa shape index (κ2) is 6.49. The molecule has 3 unspecified atom stereocenters. The van der Waals surface area contributed by atoms with Crippen LogP contribution in [0, 0.1) is 5.92 Å². The highest BCUT2D eigenvalue weighted by Crippen LogP contribution is 2.35. The van der Waals surface area contributed by atoms with Crippen molar-refractivity contribution in [1.82, 2.24) is 14.7 Å². The third kappa shape index (κ3) is 3.16. The number of likely N-dealkylation sites (tertiary alicyclic amines) is 1. The molecule has 2 aliphatic rings. The average molecular weight is 291 g/mol. The van der Waals surface area contributed by atoms with Crippen LogP contribution in [0.2, 0.25) is 0 Å². The van der Waals surface area contributed by atoms with Crippen LogP contribution >= 0.6 is 0 Å². The molecule has 0 radical (unpaired) electrons. The zero-order valence-electron chi connectivity index (χ0n) is 13.5. The Labute approximate surface area is 128 Å². The number of hydrogen-bond donors (Lipinski definition) is 1. The third-order valence-corrected chi connectivity index (χ3v) is 5.44. The highest BCUT2D eigenvalue weighted by Gasteiger charge is 2.37. The van der Waals surface area contributed by atoms with Gasteiger partial charge in [-0.25, -0.2) is 0 Å². The summed E-state index contributed by atoms with van der Waals surface area (Å²) in [6, 6.07) is 2.81. The van der Waals surface area contributed by atoms with Crippen LogP contribution in [0.15, 0.2) is 6.07 Å². The molecule has 1 N–H and O–H groups in total. The van der Waals surface area contributed by atoms with Crippen molar-refractivity contribution in [1.29, 1.82) is 0 Å². The Balaban J connectivity index is 1.73. The first-order chi connectivity index (χ1) is 10.2. The van der Waals surface area contributed by atoms with Crippen LogP contribution in [0.3, 0.4) is 0 Å². The van der Waals surface area contributed by atoms with E-state index < -0.39 is 0 Å². The van der Waals surface area contributed by atoms with Crippen molar-refractivity contribution in [3.8, 4) is 0 Å². The highest BCUT2D eigenvalue weighted by molar-refractivity contribution is 5.10. The first-order valence-corrected chi connectivity index (χ1v) is 8.63. The number of aliphatic hydroxyl groups excluding tert-OH is 1. The van der Waals surface area contributed by atoms with Crippen LogP contribution < -0.4 is 0 Å². The van der Waals surface area contributed by atoms with Crippen molar-refractivity contribution >= 4 is 0 Å². The lowest BCUT2D eigenvalue weighted by molar-refractivity contribution is 0.0301. The summed E-state index contributed by atoms with van der Waals surface area (Å²) in [7, 11) is 2.05. The smallest absolute Gasteiger partial charge is 0.0625 e. The van der Waals surface area contributed by atoms with Crippen LogP contribution in [0.5, 0.6) is 0 Å². The maximum Gasteiger partial charge on any atom is 0.0625 e. The molecule has 3 atom stereocenters. The average Bonchev–Trinajstić information content (AvgIpc) is 3.06. The van der Waals surface area contributed by atoms with Gasteiger partial charge < -0.3 is 5.11 Å². The monoisotopic (exact) mass is 291 g/mol. The van der Waals surface area contributed by atoms with E-state index in [4.69, 9.17) is 0 Å². The Bertz CT molecular complexity index is 471. The van der Waals surface area contributed by atoms with Gasteiger partial charge in [0.25, 0.3) is 0 Å². The van der Waals surface area contributed by atoms with Crippen LogP contribution in [-0.4, -0.2) is 38.5 Å². The molecule has 21 heavy (non-hydrogen) atoms. The molecule has 1 saturated carbocycles. The largest absolute Gasteiger partial charge is 0.393 e. The number of hydrogen-bond acceptors (Lipinski definition) is 3. The zero-order valence-corrected chi connectivity index (χ0v) is 13.5. The predicted octanol–water partition coefficient (Wildman–Crippen LogP) is 2.50. The number of piperidine rings is 1. The minimum atomic E-state index is -0.0756. The van der Waals surface area contributed by atoms with Gasteiger partial charge in [0, 0.05) is 25.6 Å². The molecule has 4 nitrogen and oxygen atoms in total. The summed E-state index contributed by atoms with van der Waals surface area (Å²) < 4.78 is 2.04. The highest BCUT2D eigenvalue weighted by atomic mass is 16.3. The first-order valence-electron chi connectivity index (χ1n) is 8.63. The maximum atomic E-state index is 10.3. The minimum absolute atomic E-state index is 0.0756. The quantitative estimate of drug-likeness (QED) is 0.926. The molecule has 3 rings (SSSR count). The number of aliphatic hydroxyl groups is 1. The van der Waals surface area contributed by atoms with E-state index in [0.717, 1.165) is 19.4 Å². The Morgan fingerprint density at radius 1 is 1.24 bits per heavy atom. The lowest BCUT2D eigenvalue weighted by Gasteiger charge is -2.40. The summed E-state index contributed by atoms with van der Waals surface area (Å²) in [5, 5.41) is 14.9. The molecule has 1 aliphatic carbocycles. The van der Waals surface area contributed by atoms with Gasteiger partial charge in [0.05, 0.1) is 17.5 Å². The fourth-order valence-corrected chi connectivity index (χ4v) is 4.22. The summed E-state index contributed by atoms with van der Waals surface area (Å²) >= 11 is 0. The van der Waals surface area contributed by atoms with E-state index in [1.54, 1.807) is 0 Å². The molecule has 0 amide bonds. The van der Waals surface area contributed by atoms with Gasteiger partial charge in [0.2, 0.25) is 0 Å². The van der Waals surface area contributed by atoms with Crippen molar-refractivity contribution in [2.75, 3.05) is 6.54 Å². The van der Waals surface area contributed by atoms with Gasteiger partial charge >= 0.3 is 0 Å². The maximum absolute atomic E-state index is 10.3. The Hall–Kier alpha value is -0.870. The molecule has 1 aromatic rings. The fraction of sp³-hybridized carbons (Fsp3) is 0.824. The SMILES string of the molecule is CCc1cc(CN2CCCCC2C2CCCC2O)n(C)n1. The summed E-state index contributed by atoms with van der Waals surface area (Å²) in [6.45, 7) is 4.31. The van der Waals surface area contributed by atoms with Crippen LogP contribution in [0.4, 0.5) is 0 Å². The zero-order chi connectivity index (χ0) is 14.8. The van der Waals surface area contributed by atoms with Gasteiger partial charge in [-0.3, -0.25) is 9.58 Å². The molecule has 1 saturated heterocycles. The van der Waals surface area contributed by atoms with Crippen molar-refractivity contribution in [2.24, 2.45) is 13.0 Å². The summed E-state index contributed by atoms with van der Waals surface area (Å²) in [5.74, 6) is 0.490. The number of rotatable bonds is 4. The molecule has 118 valence electrons. The summed E-state index contributed by atoms with van der Waals surface area (Å²) in [4.78, 5) is 2.61. The molecule has 4 heteroatoms. The Morgan fingerprint density at radius 3 is 2.76 bits per heavy atom. The van der Waals surface area contributed by atoms with Crippen LogP contribution in [-0.2, 0) is 20.0 Å². The van der Waals surface area contributed by atoms with E-state index in [1.165, 1.54) is 50.0 Å². The van der Waals surface area contributed by atoms with Crippen molar-refractivity contribution in [3.05, 3.63) is 17.5 Å². The molecule has 0 bridgehead atoms. The summed E-state index contributed by atoms with van der Waals surface area (Å²) in [6.07, 6.45) is 8.18. The van der Waals surface area contributed by atoms with E-state index in [2.05, 4.69) is 30.0 Å². The van der Waals surface area contributed by atoms with E-state index in [0.29, 0.717) is 12.0 Å². The van der Waals surface area contributed by atoms with E-state index >= 15 is 0 Å². The minimum Gasteiger partial charge on any atom is -0.393 e. The standard InChI is InChI=1S/C17H29N3O/c1-3-13-11-14(19(2)18-13)12-20-10-5-4-8-16(20)15-7-6-9-17(15)21/h11,15-17,21H,3-10,12H2,1-2H3. The van der Waals surface area contributed by atoms with E-state index in [9.17, 15) is 5.11 Å². The van der Waals surface area contributed by atoms with Crippen molar-refractivity contribution < 1.29 is 5.11 Å². The Kier molecular flexibility index (Phi) is 4.65. The Morgan fingerprint density at radius 2 is 2.10 bits per heavy atom. The van der Waals surface area contributed by atoms with Crippen LogP contribution in [0.1, 0.15) is 56.8 Å². The topological polar surface area (TPSA) is 41.3 Å². The number of nitrogens with zero attached hydrogens (tertiary/aromatic N) is 3. The lowest BCUT2D eigenvalue weighted by atomic mass is 9.87. The second-order valence-electron chi connectivity index (χ2n) is 6.80. The molecule has 1 aromatic heterocycles. The van der Waals surface area contributed by atoms with Gasteiger partial charge in [-0.2, -0.15) is 5.10 Å². The van der Waals surface area contributed by atoms with Gasteiger partial charge in [-0.05, 0) is 44.7 Å². The normalized spacial score (nSPS) is 30.9. The molecule has 0 aromatic carbocycles. The first kappa shape index (κ1) is 15.0. The molecular weight excluding hydrogens is 262 g/mol. The van der Waals surface area contributed by atoms with Gasteiger partial charge in [0.15, 0.2) is 0 Å². The van der Waals surface area contributed by atoms with Crippen LogP contribution in [0.25, 0.3) is 0 Å². The molecule has 2 heterocycles. The van der Waals surface area contributed by atoms with Crippen molar-refractivity contribution in [2.45, 2.75) is 70.6 Å².